The zero-order chi connectivity index (χ0) is 12.2. The molecule has 0 atom stereocenters. The summed E-state index contributed by atoms with van der Waals surface area (Å²) in [4.78, 5) is 4.02. The average molecular weight is 233 g/mol. The minimum atomic E-state index is 0.880. The second-order valence-corrected chi connectivity index (χ2v) is 3.93. The van der Waals surface area contributed by atoms with E-state index in [4.69, 9.17) is 0 Å². The Balaban J connectivity index is 2.05. The molecule has 0 unspecified atom stereocenters. The minimum Gasteiger partial charge on any atom is -0.265 e. The Hall–Kier alpha value is -2.55. The first kappa shape index (κ1) is 10.6. The van der Waals surface area contributed by atoms with Crippen molar-refractivity contribution >= 4 is 0 Å². The van der Waals surface area contributed by atoms with Gasteiger partial charge in [0.2, 0.25) is 0 Å². The van der Waals surface area contributed by atoms with E-state index in [9.17, 15) is 0 Å². The van der Waals surface area contributed by atoms with Gasteiger partial charge in [0.25, 0.3) is 0 Å². The molecule has 2 aromatic heterocycles. The van der Waals surface area contributed by atoms with Gasteiger partial charge in [0.05, 0.1) is 11.9 Å². The first-order valence-corrected chi connectivity index (χ1v) is 5.72. The third kappa shape index (κ3) is 2.11. The summed E-state index contributed by atoms with van der Waals surface area (Å²) in [5.41, 5.74) is 4.09. The Labute approximate surface area is 105 Å². The molecule has 18 heavy (non-hydrogen) atoms. The predicted molar refractivity (Wildman–Crippen MR) is 70.7 cm³/mol. The fourth-order valence-electron chi connectivity index (χ4n) is 1.82. The van der Waals surface area contributed by atoms with E-state index in [0.717, 1.165) is 22.4 Å². The van der Waals surface area contributed by atoms with Gasteiger partial charge < -0.3 is 0 Å². The lowest BCUT2D eigenvalue weighted by Crippen LogP contribution is -1.89. The molecule has 2 heterocycles. The first-order valence-electron chi connectivity index (χ1n) is 5.72. The van der Waals surface area contributed by atoms with Crippen LogP contribution in [0.15, 0.2) is 67.1 Å². The second kappa shape index (κ2) is 4.75. The van der Waals surface area contributed by atoms with Crippen molar-refractivity contribution < 1.29 is 0 Å². The molecule has 0 saturated carbocycles. The minimum absolute atomic E-state index is 0.880. The molecular weight excluding hydrogens is 222 g/mol. The highest BCUT2D eigenvalue weighted by atomic mass is 15.1. The molecule has 0 saturated heterocycles. The van der Waals surface area contributed by atoms with E-state index >= 15 is 0 Å². The summed E-state index contributed by atoms with van der Waals surface area (Å²) in [6, 6.07) is 16.0. The van der Waals surface area contributed by atoms with Crippen LogP contribution in [0, 0.1) is 0 Å². The molecule has 3 rings (SSSR count). The summed E-state index contributed by atoms with van der Waals surface area (Å²) in [6.45, 7) is 0. The fraction of sp³-hybridized carbons (Fsp3) is 0. The smallest absolute Gasteiger partial charge is 0.0935 e. The van der Waals surface area contributed by atoms with Gasteiger partial charge in [0, 0.05) is 23.5 Å². The number of hydrogen-bond acceptors (Lipinski definition) is 3. The first-order chi connectivity index (χ1) is 8.93. The van der Waals surface area contributed by atoms with Crippen LogP contribution in [0.2, 0.25) is 0 Å². The molecule has 3 aromatic rings. The summed E-state index contributed by atoms with van der Waals surface area (Å²) in [5.74, 6) is 0. The molecule has 0 radical (unpaired) electrons. The summed E-state index contributed by atoms with van der Waals surface area (Å²) < 4.78 is 0. The second-order valence-electron chi connectivity index (χ2n) is 3.93. The average Bonchev–Trinajstić information content (AvgIpc) is 2.49. The van der Waals surface area contributed by atoms with Crippen molar-refractivity contribution in [3.8, 4) is 22.4 Å². The van der Waals surface area contributed by atoms with E-state index in [1.165, 1.54) is 0 Å². The Morgan fingerprint density at radius 2 is 1.50 bits per heavy atom. The molecular formula is C15H11N3. The summed E-state index contributed by atoms with van der Waals surface area (Å²) in [6.07, 6.45) is 5.32. The molecule has 0 bridgehead atoms. The molecule has 0 aliphatic rings. The Bertz CT molecular complexity index is 581. The van der Waals surface area contributed by atoms with Crippen LogP contribution in [-0.2, 0) is 0 Å². The summed E-state index contributed by atoms with van der Waals surface area (Å²) in [5, 5.41) is 8.24. The number of rotatable bonds is 2. The molecule has 0 amide bonds. The van der Waals surface area contributed by atoms with E-state index in [0.29, 0.717) is 0 Å². The Morgan fingerprint density at radius 1 is 0.722 bits per heavy atom. The van der Waals surface area contributed by atoms with Crippen molar-refractivity contribution in [2.75, 3.05) is 0 Å². The highest BCUT2D eigenvalue weighted by Gasteiger charge is 2.02. The number of hydrogen-bond donors (Lipinski definition) is 0. The standard InChI is InChI=1S/C15H11N3/c1-2-4-13(5-3-1)15-10-14(11-17-18-15)12-6-8-16-9-7-12/h1-11H. The third-order valence-corrected chi connectivity index (χ3v) is 2.74. The van der Waals surface area contributed by atoms with Gasteiger partial charge in [-0.05, 0) is 23.8 Å². The zero-order valence-electron chi connectivity index (χ0n) is 9.69. The largest absolute Gasteiger partial charge is 0.265 e. The van der Waals surface area contributed by atoms with E-state index in [1.807, 2.05) is 48.5 Å². The molecule has 3 heteroatoms. The van der Waals surface area contributed by atoms with Gasteiger partial charge >= 0.3 is 0 Å². The molecule has 0 aliphatic carbocycles. The van der Waals surface area contributed by atoms with Crippen LogP contribution in [-0.4, -0.2) is 15.2 Å². The number of benzene rings is 1. The van der Waals surface area contributed by atoms with Crippen molar-refractivity contribution in [3.05, 3.63) is 67.1 Å². The molecule has 0 fully saturated rings. The van der Waals surface area contributed by atoms with Crippen LogP contribution in [0.3, 0.4) is 0 Å². The Kier molecular flexibility index (Phi) is 2.80. The quantitative estimate of drug-likeness (QED) is 0.682. The van der Waals surface area contributed by atoms with Gasteiger partial charge in [0.15, 0.2) is 0 Å². The zero-order valence-corrected chi connectivity index (χ0v) is 9.69. The molecule has 3 nitrogen and oxygen atoms in total. The maximum Gasteiger partial charge on any atom is 0.0935 e. The van der Waals surface area contributed by atoms with Gasteiger partial charge in [-0.15, -0.1) is 0 Å². The highest BCUT2D eigenvalue weighted by molar-refractivity contribution is 5.68. The van der Waals surface area contributed by atoms with E-state index in [1.54, 1.807) is 18.6 Å². The maximum absolute atomic E-state index is 4.17. The number of nitrogens with zero attached hydrogens (tertiary/aromatic N) is 3. The van der Waals surface area contributed by atoms with Crippen molar-refractivity contribution in [1.29, 1.82) is 0 Å². The lowest BCUT2D eigenvalue weighted by Gasteiger charge is -2.03. The summed E-state index contributed by atoms with van der Waals surface area (Å²) >= 11 is 0. The maximum atomic E-state index is 4.17. The van der Waals surface area contributed by atoms with Crippen molar-refractivity contribution in [2.24, 2.45) is 0 Å². The topological polar surface area (TPSA) is 38.7 Å². The van der Waals surface area contributed by atoms with Crippen molar-refractivity contribution in [2.45, 2.75) is 0 Å². The van der Waals surface area contributed by atoms with Crippen LogP contribution in [0.5, 0.6) is 0 Å². The van der Waals surface area contributed by atoms with Gasteiger partial charge in [-0.1, -0.05) is 30.3 Å². The molecule has 0 spiro atoms. The number of aromatic nitrogens is 3. The monoisotopic (exact) mass is 233 g/mol. The van der Waals surface area contributed by atoms with Crippen LogP contribution in [0.25, 0.3) is 22.4 Å². The molecule has 86 valence electrons. The lowest BCUT2D eigenvalue weighted by molar-refractivity contribution is 1.04. The predicted octanol–water partition coefficient (Wildman–Crippen LogP) is 3.21. The van der Waals surface area contributed by atoms with Gasteiger partial charge in [-0.3, -0.25) is 4.98 Å². The van der Waals surface area contributed by atoms with Gasteiger partial charge in [0.1, 0.15) is 0 Å². The molecule has 0 aliphatic heterocycles. The van der Waals surface area contributed by atoms with Gasteiger partial charge in [-0.25, -0.2) is 0 Å². The molecule has 1 aromatic carbocycles. The van der Waals surface area contributed by atoms with Crippen LogP contribution < -0.4 is 0 Å². The van der Waals surface area contributed by atoms with Crippen molar-refractivity contribution in [1.82, 2.24) is 15.2 Å². The highest BCUT2D eigenvalue weighted by Crippen LogP contribution is 2.22. The fourth-order valence-corrected chi connectivity index (χ4v) is 1.82. The number of pyridine rings is 1. The van der Waals surface area contributed by atoms with Crippen molar-refractivity contribution in [3.63, 3.8) is 0 Å². The normalized spacial score (nSPS) is 10.2. The van der Waals surface area contributed by atoms with Crippen LogP contribution in [0.1, 0.15) is 0 Å². The lowest BCUT2D eigenvalue weighted by atomic mass is 10.1. The Morgan fingerprint density at radius 3 is 2.28 bits per heavy atom. The van der Waals surface area contributed by atoms with Crippen LogP contribution in [0.4, 0.5) is 0 Å². The molecule has 0 N–H and O–H groups in total. The van der Waals surface area contributed by atoms with E-state index in [-0.39, 0.29) is 0 Å². The van der Waals surface area contributed by atoms with Gasteiger partial charge in [-0.2, -0.15) is 10.2 Å². The van der Waals surface area contributed by atoms with Crippen LogP contribution >= 0.6 is 0 Å². The van der Waals surface area contributed by atoms with E-state index < -0.39 is 0 Å². The third-order valence-electron chi connectivity index (χ3n) is 2.74. The summed E-state index contributed by atoms with van der Waals surface area (Å²) in [7, 11) is 0. The van der Waals surface area contributed by atoms with E-state index in [2.05, 4.69) is 15.2 Å². The SMILES string of the molecule is c1ccc(-c2cc(-c3ccncc3)cnn2)cc1.